The fourth-order valence-electron chi connectivity index (χ4n) is 4.16. The molecule has 2 nitrogen and oxygen atoms in total. The Labute approximate surface area is 120 Å². The quantitative estimate of drug-likeness (QED) is 0.917. The van der Waals surface area contributed by atoms with Crippen LogP contribution in [0.15, 0.2) is 36.5 Å². The number of benzene rings is 1. The lowest BCUT2D eigenvalue weighted by atomic mass is 9.89. The zero-order valence-electron chi connectivity index (χ0n) is 12.0. The van der Waals surface area contributed by atoms with E-state index < -0.39 is 0 Å². The molecule has 2 heteroatoms. The molecule has 0 aliphatic heterocycles. The van der Waals surface area contributed by atoms with E-state index in [1.165, 1.54) is 30.2 Å². The van der Waals surface area contributed by atoms with Crippen LogP contribution in [0.1, 0.15) is 24.8 Å². The molecule has 1 heterocycles. The number of nitrogens with one attached hydrogen (secondary N) is 1. The molecular weight excluding hydrogens is 244 g/mol. The van der Waals surface area contributed by atoms with Gasteiger partial charge in [-0.1, -0.05) is 18.2 Å². The predicted octanol–water partition coefficient (Wildman–Crippen LogP) is 3.41. The third kappa shape index (κ3) is 2.12. The smallest absolute Gasteiger partial charge is 0.0704 e. The number of aromatic nitrogens is 1. The summed E-state index contributed by atoms with van der Waals surface area (Å²) in [5, 5.41) is 4.90. The number of nitrogens with zero attached hydrogens (tertiary/aromatic N) is 1. The Morgan fingerprint density at radius 3 is 2.75 bits per heavy atom. The Morgan fingerprint density at radius 1 is 1.15 bits per heavy atom. The minimum absolute atomic E-state index is 0.619. The molecule has 20 heavy (non-hydrogen) atoms. The van der Waals surface area contributed by atoms with Gasteiger partial charge in [-0.05, 0) is 68.2 Å². The summed E-state index contributed by atoms with van der Waals surface area (Å²) in [6.45, 7) is 0. The van der Waals surface area contributed by atoms with Gasteiger partial charge in [-0.25, -0.2) is 0 Å². The molecule has 0 saturated heterocycles. The van der Waals surface area contributed by atoms with Crippen molar-refractivity contribution in [3.05, 3.63) is 42.1 Å². The van der Waals surface area contributed by atoms with Gasteiger partial charge in [0.1, 0.15) is 0 Å². The normalized spacial score (nSPS) is 29.4. The highest BCUT2D eigenvalue weighted by molar-refractivity contribution is 5.81. The number of fused-ring (bicyclic) bond motifs is 2. The third-order valence-corrected chi connectivity index (χ3v) is 5.40. The van der Waals surface area contributed by atoms with E-state index in [9.17, 15) is 0 Å². The molecular formula is C18H22N2. The first-order chi connectivity index (χ1) is 9.85. The molecule has 4 rings (SSSR count). The third-order valence-electron chi connectivity index (χ3n) is 5.40. The average molecular weight is 266 g/mol. The minimum Gasteiger partial charge on any atom is -0.316 e. The van der Waals surface area contributed by atoms with Gasteiger partial charge in [0, 0.05) is 17.6 Å². The van der Waals surface area contributed by atoms with E-state index in [1.807, 2.05) is 6.20 Å². The first-order valence-electron chi connectivity index (χ1n) is 7.85. The minimum atomic E-state index is 0.619. The fourth-order valence-corrected chi connectivity index (χ4v) is 4.16. The predicted molar refractivity (Wildman–Crippen MR) is 82.6 cm³/mol. The van der Waals surface area contributed by atoms with E-state index >= 15 is 0 Å². The number of para-hydroxylation sites is 1. The fraction of sp³-hybridized carbons (Fsp3) is 0.500. The summed E-state index contributed by atoms with van der Waals surface area (Å²) < 4.78 is 0. The molecule has 0 bridgehead atoms. The van der Waals surface area contributed by atoms with Crippen LogP contribution in [0.2, 0.25) is 0 Å². The topological polar surface area (TPSA) is 24.9 Å². The van der Waals surface area contributed by atoms with Gasteiger partial charge in [0.05, 0.1) is 5.52 Å². The van der Waals surface area contributed by atoms with Gasteiger partial charge in [0.2, 0.25) is 0 Å². The highest BCUT2D eigenvalue weighted by Gasteiger charge is 2.47. The van der Waals surface area contributed by atoms with E-state index in [2.05, 4.69) is 47.7 Å². The Bertz CT molecular complexity index is 606. The van der Waals surface area contributed by atoms with E-state index in [0.29, 0.717) is 6.04 Å². The standard InChI is InChI=1S/C18H22N2/c1-19-18(15-9-13-8-14(13)10-15)11-12-6-7-20-17-5-3-2-4-16(12)17/h2-7,13-15,18-19H,8-11H2,1H3. The molecule has 1 N–H and O–H groups in total. The number of hydrogen-bond acceptors (Lipinski definition) is 2. The van der Waals surface area contributed by atoms with E-state index in [0.717, 1.165) is 29.7 Å². The Hall–Kier alpha value is -1.41. The molecule has 0 amide bonds. The van der Waals surface area contributed by atoms with E-state index in [4.69, 9.17) is 0 Å². The molecule has 2 aliphatic carbocycles. The lowest BCUT2D eigenvalue weighted by Gasteiger charge is -2.25. The van der Waals surface area contributed by atoms with Crippen LogP contribution in [0.5, 0.6) is 0 Å². The summed E-state index contributed by atoms with van der Waals surface area (Å²) in [4.78, 5) is 4.47. The van der Waals surface area contributed by atoms with Crippen LogP contribution < -0.4 is 5.32 Å². The summed E-state index contributed by atoms with van der Waals surface area (Å²) in [5.74, 6) is 2.99. The van der Waals surface area contributed by atoms with Crippen LogP contribution in [0.3, 0.4) is 0 Å². The lowest BCUT2D eigenvalue weighted by molar-refractivity contribution is 0.350. The molecule has 2 saturated carbocycles. The van der Waals surface area contributed by atoms with Crippen LogP contribution in [0.25, 0.3) is 10.9 Å². The number of rotatable bonds is 4. The van der Waals surface area contributed by atoms with Gasteiger partial charge in [0.15, 0.2) is 0 Å². The second-order valence-electron chi connectivity index (χ2n) is 6.57. The highest BCUT2D eigenvalue weighted by atomic mass is 14.9. The highest BCUT2D eigenvalue weighted by Crippen LogP contribution is 2.55. The summed E-state index contributed by atoms with van der Waals surface area (Å²) in [7, 11) is 2.12. The van der Waals surface area contributed by atoms with Gasteiger partial charge in [-0.15, -0.1) is 0 Å². The van der Waals surface area contributed by atoms with Crippen molar-refractivity contribution in [1.82, 2.24) is 10.3 Å². The van der Waals surface area contributed by atoms with Gasteiger partial charge >= 0.3 is 0 Å². The van der Waals surface area contributed by atoms with Crippen molar-refractivity contribution < 1.29 is 0 Å². The molecule has 3 unspecified atom stereocenters. The molecule has 2 aromatic rings. The maximum Gasteiger partial charge on any atom is 0.0704 e. The molecule has 1 aromatic heterocycles. The first kappa shape index (κ1) is 12.3. The Morgan fingerprint density at radius 2 is 1.95 bits per heavy atom. The molecule has 0 radical (unpaired) electrons. The molecule has 2 aliphatic rings. The van der Waals surface area contributed by atoms with Gasteiger partial charge in [0.25, 0.3) is 0 Å². The molecule has 104 valence electrons. The van der Waals surface area contributed by atoms with E-state index in [1.54, 1.807) is 0 Å². The number of hydrogen-bond donors (Lipinski definition) is 1. The second kappa shape index (κ2) is 4.85. The molecule has 0 spiro atoms. The summed E-state index contributed by atoms with van der Waals surface area (Å²) >= 11 is 0. The summed E-state index contributed by atoms with van der Waals surface area (Å²) in [6, 6.07) is 11.3. The first-order valence-corrected chi connectivity index (χ1v) is 7.85. The van der Waals surface area contributed by atoms with Gasteiger partial charge in [-0.3, -0.25) is 4.98 Å². The summed E-state index contributed by atoms with van der Waals surface area (Å²) in [5.41, 5.74) is 2.56. The maximum atomic E-state index is 4.47. The Balaban J connectivity index is 1.59. The number of likely N-dealkylation sites (N-methyl/N-ethyl adjacent to an activating group) is 1. The molecule has 3 atom stereocenters. The van der Waals surface area contributed by atoms with Crippen molar-refractivity contribution in [2.75, 3.05) is 7.05 Å². The van der Waals surface area contributed by atoms with Crippen molar-refractivity contribution >= 4 is 10.9 Å². The zero-order chi connectivity index (χ0) is 13.5. The Kier molecular flexibility index (Phi) is 2.99. The van der Waals surface area contributed by atoms with Crippen LogP contribution >= 0.6 is 0 Å². The SMILES string of the molecule is CNC(Cc1ccnc2ccccc12)C1CC2CC2C1. The average Bonchev–Trinajstić information content (AvgIpc) is 3.11. The van der Waals surface area contributed by atoms with Crippen molar-refractivity contribution in [1.29, 1.82) is 0 Å². The van der Waals surface area contributed by atoms with E-state index in [-0.39, 0.29) is 0 Å². The van der Waals surface area contributed by atoms with Crippen LogP contribution in [0.4, 0.5) is 0 Å². The van der Waals surface area contributed by atoms with Crippen molar-refractivity contribution in [2.45, 2.75) is 31.7 Å². The van der Waals surface area contributed by atoms with Crippen LogP contribution in [-0.4, -0.2) is 18.1 Å². The van der Waals surface area contributed by atoms with Gasteiger partial charge < -0.3 is 5.32 Å². The summed E-state index contributed by atoms with van der Waals surface area (Å²) in [6.07, 6.45) is 7.48. The monoisotopic (exact) mass is 266 g/mol. The maximum absolute atomic E-state index is 4.47. The second-order valence-corrected chi connectivity index (χ2v) is 6.57. The van der Waals surface area contributed by atoms with Crippen LogP contribution in [0, 0.1) is 17.8 Å². The van der Waals surface area contributed by atoms with Crippen molar-refractivity contribution in [2.24, 2.45) is 17.8 Å². The zero-order valence-corrected chi connectivity index (χ0v) is 12.0. The molecule has 1 aromatic carbocycles. The molecule has 2 fully saturated rings. The lowest BCUT2D eigenvalue weighted by Crippen LogP contribution is -2.35. The van der Waals surface area contributed by atoms with Crippen molar-refractivity contribution in [3.8, 4) is 0 Å². The van der Waals surface area contributed by atoms with Crippen LogP contribution in [-0.2, 0) is 6.42 Å². The number of pyridine rings is 1. The largest absolute Gasteiger partial charge is 0.316 e. The van der Waals surface area contributed by atoms with Crippen molar-refractivity contribution in [3.63, 3.8) is 0 Å². The van der Waals surface area contributed by atoms with Gasteiger partial charge in [-0.2, -0.15) is 0 Å².